The fourth-order valence-electron chi connectivity index (χ4n) is 1.73. The Bertz CT molecular complexity index is 616. The second-order valence-corrected chi connectivity index (χ2v) is 6.61. The van der Waals surface area contributed by atoms with Crippen molar-refractivity contribution in [2.75, 3.05) is 13.1 Å². The molecule has 0 aliphatic carbocycles. The fourth-order valence-corrected chi connectivity index (χ4v) is 2.72. The first-order chi connectivity index (χ1) is 10.2. The summed E-state index contributed by atoms with van der Waals surface area (Å²) in [6.45, 7) is 2.87. The quantitative estimate of drug-likeness (QED) is 0.697. The van der Waals surface area contributed by atoms with E-state index in [1.807, 2.05) is 0 Å². The van der Waals surface area contributed by atoms with Crippen LogP contribution in [0.2, 0.25) is 0 Å². The van der Waals surface area contributed by atoms with Crippen molar-refractivity contribution in [3.05, 3.63) is 24.5 Å². The van der Waals surface area contributed by atoms with Crippen molar-refractivity contribution in [3.8, 4) is 0 Å². The monoisotopic (exact) mass is 329 g/mol. The van der Waals surface area contributed by atoms with E-state index < -0.39 is 28.4 Å². The van der Waals surface area contributed by atoms with Gasteiger partial charge in [-0.2, -0.15) is 0 Å². The van der Waals surface area contributed by atoms with Gasteiger partial charge in [0.1, 0.15) is 11.4 Å². The maximum Gasteiger partial charge on any atom is 0.323 e. The molecule has 0 fully saturated rings. The Morgan fingerprint density at radius 1 is 1.41 bits per heavy atom. The molecule has 2 N–H and O–H groups in total. The first-order valence-electron chi connectivity index (χ1n) is 6.65. The number of sulfonamides is 1. The van der Waals surface area contributed by atoms with Crippen molar-refractivity contribution in [2.24, 2.45) is 0 Å². The molecule has 0 unspecified atom stereocenters. The molecule has 0 radical (unpaired) electrons. The van der Waals surface area contributed by atoms with E-state index in [1.54, 1.807) is 13.8 Å². The maximum atomic E-state index is 12.0. The van der Waals surface area contributed by atoms with Gasteiger partial charge in [-0.15, -0.1) is 0 Å². The van der Waals surface area contributed by atoms with Gasteiger partial charge in [-0.1, -0.05) is 0 Å². The van der Waals surface area contributed by atoms with Crippen LogP contribution in [-0.4, -0.2) is 54.4 Å². The zero-order valence-electron chi connectivity index (χ0n) is 12.4. The maximum absolute atomic E-state index is 12.0. The molecule has 1 rings (SSSR count). The molecule has 0 saturated carbocycles. The Morgan fingerprint density at radius 3 is 2.59 bits per heavy atom. The summed E-state index contributed by atoms with van der Waals surface area (Å²) >= 11 is 0. The van der Waals surface area contributed by atoms with Crippen LogP contribution in [0.15, 0.2) is 29.4 Å². The fraction of sp³-hybridized carbons (Fsp3) is 0.462. The minimum Gasteiger partial charge on any atom is -0.480 e. The van der Waals surface area contributed by atoms with Crippen LogP contribution in [-0.2, 0) is 19.6 Å². The van der Waals surface area contributed by atoms with Gasteiger partial charge in [0, 0.05) is 31.4 Å². The van der Waals surface area contributed by atoms with Crippen LogP contribution in [0, 0.1) is 0 Å². The van der Waals surface area contributed by atoms with E-state index in [1.165, 1.54) is 29.4 Å². The number of carboxylic acids is 1. The van der Waals surface area contributed by atoms with Crippen molar-refractivity contribution >= 4 is 21.9 Å². The number of hydrogen-bond donors (Lipinski definition) is 2. The van der Waals surface area contributed by atoms with Crippen molar-refractivity contribution in [1.29, 1.82) is 0 Å². The van der Waals surface area contributed by atoms with Gasteiger partial charge in [-0.25, -0.2) is 13.1 Å². The molecule has 1 amide bonds. The number of carbonyl (C=O) groups is 2. The molecule has 0 aromatic carbocycles. The third-order valence-corrected chi connectivity index (χ3v) is 4.27. The largest absolute Gasteiger partial charge is 0.480 e. The van der Waals surface area contributed by atoms with Crippen molar-refractivity contribution < 1.29 is 23.1 Å². The predicted molar refractivity (Wildman–Crippen MR) is 78.5 cm³/mol. The molecule has 0 atom stereocenters. The first-order valence-corrected chi connectivity index (χ1v) is 8.13. The third kappa shape index (κ3) is 5.41. The van der Waals surface area contributed by atoms with Crippen LogP contribution < -0.4 is 4.72 Å². The number of amides is 1. The number of aromatic nitrogens is 1. The van der Waals surface area contributed by atoms with E-state index in [0.29, 0.717) is 0 Å². The van der Waals surface area contributed by atoms with E-state index in [-0.39, 0.29) is 23.9 Å². The molecule has 22 heavy (non-hydrogen) atoms. The lowest BCUT2D eigenvalue weighted by Gasteiger charge is -2.24. The highest BCUT2D eigenvalue weighted by Crippen LogP contribution is 2.06. The van der Waals surface area contributed by atoms with E-state index in [0.717, 1.165) is 0 Å². The van der Waals surface area contributed by atoms with Crippen molar-refractivity contribution in [3.63, 3.8) is 0 Å². The number of aliphatic carboxylic acids is 1. The summed E-state index contributed by atoms with van der Waals surface area (Å²) in [6, 6.07) is 2.60. The van der Waals surface area contributed by atoms with E-state index in [4.69, 9.17) is 5.11 Å². The second-order valence-electron chi connectivity index (χ2n) is 4.85. The topological polar surface area (TPSA) is 117 Å². The molecule has 0 aliphatic rings. The van der Waals surface area contributed by atoms with Crippen LogP contribution in [0.5, 0.6) is 0 Å². The average molecular weight is 329 g/mol. The molecule has 9 heteroatoms. The molecular formula is C13H19N3O5S. The summed E-state index contributed by atoms with van der Waals surface area (Å²) in [5, 5.41) is 8.77. The number of rotatable bonds is 8. The van der Waals surface area contributed by atoms with Crippen molar-refractivity contribution in [2.45, 2.75) is 31.2 Å². The summed E-state index contributed by atoms with van der Waals surface area (Å²) in [5.41, 5.74) is 0. The van der Waals surface area contributed by atoms with Crippen LogP contribution >= 0.6 is 0 Å². The summed E-state index contributed by atoms with van der Waals surface area (Å²) in [5.74, 6) is -1.54. The molecule has 0 bridgehead atoms. The summed E-state index contributed by atoms with van der Waals surface area (Å²) in [4.78, 5) is 27.6. The third-order valence-electron chi connectivity index (χ3n) is 2.82. The van der Waals surface area contributed by atoms with Gasteiger partial charge >= 0.3 is 5.97 Å². The van der Waals surface area contributed by atoms with Gasteiger partial charge in [-0.05, 0) is 26.0 Å². The number of pyridine rings is 1. The summed E-state index contributed by atoms with van der Waals surface area (Å²) in [6.07, 6.45) is 2.54. The van der Waals surface area contributed by atoms with Crippen LogP contribution in [0.25, 0.3) is 0 Å². The molecule has 1 aromatic rings. The number of carbonyl (C=O) groups excluding carboxylic acids is 1. The number of carboxylic acid groups (broad SMARTS) is 1. The lowest BCUT2D eigenvalue weighted by Crippen LogP contribution is -2.42. The number of nitrogens with one attached hydrogen (secondary N) is 1. The van der Waals surface area contributed by atoms with Gasteiger partial charge in [0.15, 0.2) is 0 Å². The molecule has 0 spiro atoms. The molecule has 0 saturated heterocycles. The Labute approximate surface area is 129 Å². The smallest absolute Gasteiger partial charge is 0.323 e. The number of nitrogens with zero attached hydrogens (tertiary/aromatic N) is 2. The molecule has 1 aromatic heterocycles. The molecule has 122 valence electrons. The first kappa shape index (κ1) is 18.1. The standard InChI is InChI=1S/C13H19N3O5S/c1-10(2)16(9-13(18)19)12(17)5-7-15-22(20,21)11-4-3-6-14-8-11/h3-4,6,8,10,15H,5,7,9H2,1-2H3,(H,18,19). The van der Waals surface area contributed by atoms with Gasteiger partial charge in [-0.3, -0.25) is 14.6 Å². The SMILES string of the molecule is CC(C)N(CC(=O)O)C(=O)CCNS(=O)(=O)c1cccnc1. The zero-order chi connectivity index (χ0) is 16.8. The van der Waals surface area contributed by atoms with E-state index in [2.05, 4.69) is 9.71 Å². The Morgan fingerprint density at radius 2 is 2.09 bits per heavy atom. The summed E-state index contributed by atoms with van der Waals surface area (Å²) in [7, 11) is -3.72. The van der Waals surface area contributed by atoms with E-state index >= 15 is 0 Å². The van der Waals surface area contributed by atoms with Gasteiger partial charge in [0.25, 0.3) is 0 Å². The van der Waals surface area contributed by atoms with Gasteiger partial charge in [0.05, 0.1) is 0 Å². The number of hydrogen-bond acceptors (Lipinski definition) is 5. The lowest BCUT2D eigenvalue weighted by molar-refractivity contribution is -0.145. The Hall–Kier alpha value is -2.00. The second kappa shape index (κ2) is 7.85. The highest BCUT2D eigenvalue weighted by molar-refractivity contribution is 7.89. The lowest BCUT2D eigenvalue weighted by atomic mass is 10.2. The van der Waals surface area contributed by atoms with Crippen molar-refractivity contribution in [1.82, 2.24) is 14.6 Å². The minimum atomic E-state index is -3.72. The van der Waals surface area contributed by atoms with Crippen LogP contribution in [0.1, 0.15) is 20.3 Å². The zero-order valence-corrected chi connectivity index (χ0v) is 13.2. The predicted octanol–water partition coefficient (Wildman–Crippen LogP) is 0.0716. The molecule has 0 aliphatic heterocycles. The molecular weight excluding hydrogens is 310 g/mol. The van der Waals surface area contributed by atoms with Gasteiger partial charge in [0.2, 0.25) is 15.9 Å². The highest BCUT2D eigenvalue weighted by Gasteiger charge is 2.20. The summed E-state index contributed by atoms with van der Waals surface area (Å²) < 4.78 is 26.1. The molecule has 1 heterocycles. The average Bonchev–Trinajstić information content (AvgIpc) is 2.45. The van der Waals surface area contributed by atoms with Crippen LogP contribution in [0.3, 0.4) is 0 Å². The Balaban J connectivity index is 2.59. The van der Waals surface area contributed by atoms with Crippen LogP contribution in [0.4, 0.5) is 0 Å². The molecule has 8 nitrogen and oxygen atoms in total. The minimum absolute atomic E-state index is 0.00806. The normalized spacial score (nSPS) is 11.4. The highest BCUT2D eigenvalue weighted by atomic mass is 32.2. The van der Waals surface area contributed by atoms with Gasteiger partial charge < -0.3 is 10.0 Å². The Kier molecular flexibility index (Phi) is 6.44. The van der Waals surface area contributed by atoms with E-state index in [9.17, 15) is 18.0 Å².